The quantitative estimate of drug-likeness (QED) is 0.797. The van der Waals surface area contributed by atoms with Gasteiger partial charge in [-0.25, -0.2) is 9.78 Å². The minimum atomic E-state index is -0.997. The fraction of sp³-hybridized carbons (Fsp3) is 0.538. The summed E-state index contributed by atoms with van der Waals surface area (Å²) in [5, 5.41) is 12.1. The van der Waals surface area contributed by atoms with Crippen LogP contribution in [0.4, 0.5) is 5.69 Å². The Balaban J connectivity index is 2.56. The van der Waals surface area contributed by atoms with Gasteiger partial charge >= 0.3 is 5.97 Å². The molecule has 4 nitrogen and oxygen atoms in total. The van der Waals surface area contributed by atoms with Gasteiger partial charge < -0.3 is 10.4 Å². The van der Waals surface area contributed by atoms with Crippen LogP contribution in [-0.4, -0.2) is 22.1 Å². The second-order valence-electron chi connectivity index (χ2n) is 4.75. The van der Waals surface area contributed by atoms with E-state index in [0.29, 0.717) is 12.0 Å². The van der Waals surface area contributed by atoms with Crippen molar-refractivity contribution < 1.29 is 9.90 Å². The van der Waals surface area contributed by atoms with Crippen LogP contribution in [0.25, 0.3) is 0 Å². The summed E-state index contributed by atoms with van der Waals surface area (Å²) in [5.74, 6) is -0.310. The van der Waals surface area contributed by atoms with E-state index in [1.165, 1.54) is 6.20 Å². The predicted octanol–water partition coefficient (Wildman–Crippen LogP) is 3.02. The molecule has 17 heavy (non-hydrogen) atoms. The molecule has 0 radical (unpaired) electrons. The number of pyridine rings is 1. The Hall–Kier alpha value is -1.58. The Morgan fingerprint density at radius 3 is 2.71 bits per heavy atom. The Morgan fingerprint density at radius 2 is 2.12 bits per heavy atom. The highest BCUT2D eigenvalue weighted by Crippen LogP contribution is 2.13. The van der Waals surface area contributed by atoms with Crippen molar-refractivity contribution in [1.82, 2.24) is 4.98 Å². The minimum Gasteiger partial charge on any atom is -0.477 e. The highest BCUT2D eigenvalue weighted by molar-refractivity contribution is 5.86. The number of hydrogen-bond donors (Lipinski definition) is 2. The molecule has 0 saturated heterocycles. The first kappa shape index (κ1) is 13.5. The summed E-state index contributed by atoms with van der Waals surface area (Å²) >= 11 is 0. The van der Waals surface area contributed by atoms with Gasteiger partial charge in [-0.1, -0.05) is 13.8 Å². The lowest BCUT2D eigenvalue weighted by molar-refractivity contribution is 0.0690. The topological polar surface area (TPSA) is 62.2 Å². The molecule has 94 valence electrons. The SMILES string of the molecule is CC(C)CCC(C)Nc1ccnc(C(=O)O)c1. The normalized spacial score (nSPS) is 12.5. The van der Waals surface area contributed by atoms with E-state index in [2.05, 4.69) is 31.1 Å². The molecule has 0 aliphatic rings. The van der Waals surface area contributed by atoms with E-state index in [1.807, 2.05) is 0 Å². The van der Waals surface area contributed by atoms with Crippen LogP contribution in [0.2, 0.25) is 0 Å². The molecule has 0 aromatic carbocycles. The lowest BCUT2D eigenvalue weighted by atomic mass is 10.0. The Labute approximate surface area is 102 Å². The molecule has 1 aromatic heterocycles. The zero-order chi connectivity index (χ0) is 12.8. The van der Waals surface area contributed by atoms with Crippen molar-refractivity contribution in [3.63, 3.8) is 0 Å². The van der Waals surface area contributed by atoms with Crippen LogP contribution in [0.15, 0.2) is 18.3 Å². The zero-order valence-electron chi connectivity index (χ0n) is 10.6. The third-order valence-electron chi connectivity index (χ3n) is 2.57. The first-order valence-electron chi connectivity index (χ1n) is 5.95. The standard InChI is InChI=1S/C13H20N2O2/c1-9(2)4-5-10(3)15-11-6-7-14-12(8-11)13(16)17/h6-10H,4-5H2,1-3H3,(H,14,15)(H,16,17). The number of rotatable bonds is 6. The van der Waals surface area contributed by atoms with Gasteiger partial charge in [-0.2, -0.15) is 0 Å². The van der Waals surface area contributed by atoms with Gasteiger partial charge in [0.05, 0.1) is 0 Å². The summed E-state index contributed by atoms with van der Waals surface area (Å²) in [6.07, 6.45) is 3.74. The van der Waals surface area contributed by atoms with Gasteiger partial charge in [0.15, 0.2) is 0 Å². The maximum Gasteiger partial charge on any atom is 0.354 e. The average Bonchev–Trinajstić information content (AvgIpc) is 2.26. The number of nitrogens with one attached hydrogen (secondary N) is 1. The molecule has 0 bridgehead atoms. The first-order chi connectivity index (χ1) is 7.99. The van der Waals surface area contributed by atoms with E-state index in [4.69, 9.17) is 5.11 Å². The van der Waals surface area contributed by atoms with Crippen molar-refractivity contribution in [2.24, 2.45) is 5.92 Å². The van der Waals surface area contributed by atoms with Gasteiger partial charge in [-0.15, -0.1) is 0 Å². The van der Waals surface area contributed by atoms with Crippen LogP contribution in [0.3, 0.4) is 0 Å². The second kappa shape index (κ2) is 6.23. The van der Waals surface area contributed by atoms with E-state index in [0.717, 1.165) is 18.5 Å². The van der Waals surface area contributed by atoms with Gasteiger partial charge in [-0.05, 0) is 37.8 Å². The number of carboxylic acid groups (broad SMARTS) is 1. The molecule has 2 N–H and O–H groups in total. The summed E-state index contributed by atoms with van der Waals surface area (Å²) in [5.41, 5.74) is 0.889. The lowest BCUT2D eigenvalue weighted by Crippen LogP contribution is -2.16. The van der Waals surface area contributed by atoms with Crippen molar-refractivity contribution in [2.45, 2.75) is 39.7 Å². The molecule has 1 aromatic rings. The minimum absolute atomic E-state index is 0.0751. The number of carboxylic acids is 1. The molecular weight excluding hydrogens is 216 g/mol. The van der Waals surface area contributed by atoms with Gasteiger partial charge in [-0.3, -0.25) is 0 Å². The number of nitrogens with zero attached hydrogens (tertiary/aromatic N) is 1. The van der Waals surface area contributed by atoms with Gasteiger partial charge in [0.2, 0.25) is 0 Å². The maximum absolute atomic E-state index is 10.8. The zero-order valence-corrected chi connectivity index (χ0v) is 10.6. The number of aromatic carboxylic acids is 1. The van der Waals surface area contributed by atoms with Crippen LogP contribution >= 0.6 is 0 Å². The Morgan fingerprint density at radius 1 is 1.41 bits per heavy atom. The van der Waals surface area contributed by atoms with Gasteiger partial charge in [0.25, 0.3) is 0 Å². The Kier molecular flexibility index (Phi) is 4.94. The second-order valence-corrected chi connectivity index (χ2v) is 4.75. The van der Waals surface area contributed by atoms with Crippen molar-refractivity contribution in [3.8, 4) is 0 Å². The van der Waals surface area contributed by atoms with Crippen molar-refractivity contribution in [1.29, 1.82) is 0 Å². The number of aromatic nitrogens is 1. The van der Waals surface area contributed by atoms with Gasteiger partial charge in [0.1, 0.15) is 5.69 Å². The molecule has 4 heteroatoms. The van der Waals surface area contributed by atoms with E-state index < -0.39 is 5.97 Å². The highest BCUT2D eigenvalue weighted by Gasteiger charge is 2.07. The smallest absolute Gasteiger partial charge is 0.354 e. The van der Waals surface area contributed by atoms with E-state index in [9.17, 15) is 4.79 Å². The number of carbonyl (C=O) groups is 1. The highest BCUT2D eigenvalue weighted by atomic mass is 16.4. The molecule has 0 amide bonds. The number of hydrogen-bond acceptors (Lipinski definition) is 3. The summed E-state index contributed by atoms with van der Waals surface area (Å²) in [6, 6.07) is 3.69. The molecule has 0 aliphatic heterocycles. The van der Waals surface area contributed by atoms with Crippen molar-refractivity contribution in [3.05, 3.63) is 24.0 Å². The monoisotopic (exact) mass is 236 g/mol. The van der Waals surface area contributed by atoms with E-state index in [-0.39, 0.29) is 5.69 Å². The Bertz CT molecular complexity index is 377. The molecule has 0 aliphatic carbocycles. The van der Waals surface area contributed by atoms with Crippen molar-refractivity contribution in [2.75, 3.05) is 5.32 Å². The molecule has 0 fully saturated rings. The molecule has 1 atom stereocenters. The number of anilines is 1. The third kappa shape index (κ3) is 4.85. The van der Waals surface area contributed by atoms with Crippen LogP contribution < -0.4 is 5.32 Å². The van der Waals surface area contributed by atoms with E-state index >= 15 is 0 Å². The van der Waals surface area contributed by atoms with Crippen LogP contribution in [0.5, 0.6) is 0 Å². The van der Waals surface area contributed by atoms with Crippen LogP contribution in [0, 0.1) is 5.92 Å². The van der Waals surface area contributed by atoms with E-state index in [1.54, 1.807) is 12.1 Å². The molecule has 0 saturated carbocycles. The fourth-order valence-electron chi connectivity index (χ4n) is 1.58. The molecule has 1 rings (SSSR count). The summed E-state index contributed by atoms with van der Waals surface area (Å²) in [7, 11) is 0. The summed E-state index contributed by atoms with van der Waals surface area (Å²) < 4.78 is 0. The summed E-state index contributed by atoms with van der Waals surface area (Å²) in [4.78, 5) is 14.5. The van der Waals surface area contributed by atoms with Crippen LogP contribution in [0.1, 0.15) is 44.1 Å². The lowest BCUT2D eigenvalue weighted by Gasteiger charge is -2.16. The largest absolute Gasteiger partial charge is 0.477 e. The third-order valence-corrected chi connectivity index (χ3v) is 2.57. The van der Waals surface area contributed by atoms with Gasteiger partial charge in [0, 0.05) is 17.9 Å². The summed E-state index contributed by atoms with van der Waals surface area (Å²) in [6.45, 7) is 6.49. The molecule has 0 spiro atoms. The van der Waals surface area contributed by atoms with Crippen LogP contribution in [-0.2, 0) is 0 Å². The molecule has 1 heterocycles. The maximum atomic E-state index is 10.8. The molecular formula is C13H20N2O2. The van der Waals surface area contributed by atoms with Crippen molar-refractivity contribution >= 4 is 11.7 Å². The predicted molar refractivity (Wildman–Crippen MR) is 68.4 cm³/mol. The first-order valence-corrected chi connectivity index (χ1v) is 5.95. The molecule has 1 unspecified atom stereocenters. The fourth-order valence-corrected chi connectivity index (χ4v) is 1.58. The average molecular weight is 236 g/mol.